The van der Waals surface area contributed by atoms with Crippen LogP contribution in [0.25, 0.3) is 0 Å². The minimum absolute atomic E-state index is 0.777. The van der Waals surface area contributed by atoms with Gasteiger partial charge in [-0.3, -0.25) is 4.90 Å². The van der Waals surface area contributed by atoms with E-state index in [2.05, 4.69) is 49.2 Å². The highest BCUT2D eigenvalue weighted by Crippen LogP contribution is 2.30. The lowest BCUT2D eigenvalue weighted by Gasteiger charge is -2.37. The van der Waals surface area contributed by atoms with Gasteiger partial charge in [0.2, 0.25) is 0 Å². The maximum absolute atomic E-state index is 3.76. The molecule has 0 aromatic heterocycles. The van der Waals surface area contributed by atoms with Crippen molar-refractivity contribution >= 4 is 0 Å². The number of nitrogens with zero attached hydrogens (tertiary/aromatic N) is 1. The SMILES string of the molecule is CCN(Cc1cc(C)ccc1C)C1CC2CCC(C1)N2. The second-order valence-corrected chi connectivity index (χ2v) is 6.76. The van der Waals surface area contributed by atoms with E-state index in [-0.39, 0.29) is 0 Å². The van der Waals surface area contributed by atoms with Crippen LogP contribution in [0.2, 0.25) is 0 Å². The summed E-state index contributed by atoms with van der Waals surface area (Å²) in [6.45, 7) is 9.04. The van der Waals surface area contributed by atoms with E-state index in [9.17, 15) is 0 Å². The first kappa shape index (κ1) is 14.1. The molecule has 20 heavy (non-hydrogen) atoms. The molecule has 2 saturated heterocycles. The molecule has 2 unspecified atom stereocenters. The van der Waals surface area contributed by atoms with Crippen LogP contribution < -0.4 is 5.32 Å². The van der Waals surface area contributed by atoms with Crippen molar-refractivity contribution in [1.82, 2.24) is 10.2 Å². The van der Waals surface area contributed by atoms with Crippen LogP contribution in [-0.4, -0.2) is 29.6 Å². The van der Waals surface area contributed by atoms with Crippen molar-refractivity contribution in [3.05, 3.63) is 34.9 Å². The van der Waals surface area contributed by atoms with Crippen LogP contribution in [0.3, 0.4) is 0 Å². The maximum atomic E-state index is 3.76. The normalized spacial score (nSPS) is 29.1. The van der Waals surface area contributed by atoms with Gasteiger partial charge < -0.3 is 5.32 Å². The van der Waals surface area contributed by atoms with Gasteiger partial charge in [-0.1, -0.05) is 30.7 Å². The third kappa shape index (κ3) is 2.91. The third-order valence-corrected chi connectivity index (χ3v) is 5.25. The highest BCUT2D eigenvalue weighted by atomic mass is 15.2. The van der Waals surface area contributed by atoms with Crippen molar-refractivity contribution in [2.45, 2.75) is 71.1 Å². The van der Waals surface area contributed by atoms with Gasteiger partial charge in [0.1, 0.15) is 0 Å². The molecule has 0 spiro atoms. The molecule has 2 aliphatic rings. The van der Waals surface area contributed by atoms with Crippen molar-refractivity contribution in [3.8, 4) is 0 Å². The maximum Gasteiger partial charge on any atom is 0.0239 e. The van der Waals surface area contributed by atoms with E-state index >= 15 is 0 Å². The highest BCUT2D eigenvalue weighted by Gasteiger charge is 2.35. The zero-order chi connectivity index (χ0) is 14.1. The first-order valence-electron chi connectivity index (χ1n) is 8.22. The lowest BCUT2D eigenvalue weighted by atomic mass is 9.96. The van der Waals surface area contributed by atoms with Crippen molar-refractivity contribution in [3.63, 3.8) is 0 Å². The molecule has 2 aliphatic heterocycles. The number of hydrogen-bond donors (Lipinski definition) is 1. The average molecular weight is 272 g/mol. The molecule has 3 rings (SSSR count). The lowest BCUT2D eigenvalue weighted by Crippen LogP contribution is -2.48. The molecule has 0 aliphatic carbocycles. The molecule has 2 atom stereocenters. The predicted molar refractivity (Wildman–Crippen MR) is 85.0 cm³/mol. The summed E-state index contributed by atoms with van der Waals surface area (Å²) in [5, 5.41) is 3.76. The number of piperidine rings is 1. The van der Waals surface area contributed by atoms with Gasteiger partial charge in [-0.15, -0.1) is 0 Å². The molecule has 1 aromatic rings. The number of benzene rings is 1. The van der Waals surface area contributed by atoms with Crippen molar-refractivity contribution in [2.75, 3.05) is 6.54 Å². The molecule has 2 heteroatoms. The summed E-state index contributed by atoms with van der Waals surface area (Å²) in [5.41, 5.74) is 4.33. The number of rotatable bonds is 4. The van der Waals surface area contributed by atoms with Crippen LogP contribution in [0.4, 0.5) is 0 Å². The van der Waals surface area contributed by atoms with Crippen molar-refractivity contribution in [2.24, 2.45) is 0 Å². The Labute approximate surface area is 123 Å². The van der Waals surface area contributed by atoms with Crippen LogP contribution in [-0.2, 0) is 6.54 Å². The average Bonchev–Trinajstić information content (AvgIpc) is 2.78. The molecule has 0 amide bonds. The summed E-state index contributed by atoms with van der Waals surface area (Å²) in [6, 6.07) is 9.20. The van der Waals surface area contributed by atoms with Crippen LogP contribution in [0.15, 0.2) is 18.2 Å². The van der Waals surface area contributed by atoms with Crippen LogP contribution in [0.5, 0.6) is 0 Å². The molecule has 2 bridgehead atoms. The predicted octanol–water partition coefficient (Wildman–Crippen LogP) is 3.41. The summed E-state index contributed by atoms with van der Waals surface area (Å²) >= 11 is 0. The Balaban J connectivity index is 1.72. The zero-order valence-electron chi connectivity index (χ0n) is 13.2. The van der Waals surface area contributed by atoms with Gasteiger partial charge in [0.05, 0.1) is 0 Å². The fraction of sp³-hybridized carbons (Fsp3) is 0.667. The van der Waals surface area contributed by atoms with E-state index in [4.69, 9.17) is 0 Å². The Bertz CT molecular complexity index is 456. The Morgan fingerprint density at radius 2 is 1.85 bits per heavy atom. The lowest BCUT2D eigenvalue weighted by molar-refractivity contribution is 0.140. The summed E-state index contributed by atoms with van der Waals surface area (Å²) in [7, 11) is 0. The Kier molecular flexibility index (Phi) is 4.13. The summed E-state index contributed by atoms with van der Waals surface area (Å²) in [4.78, 5) is 2.70. The minimum atomic E-state index is 0.777. The molecule has 2 heterocycles. The van der Waals surface area contributed by atoms with E-state index in [1.165, 1.54) is 42.4 Å². The molecular formula is C18H28N2. The highest BCUT2D eigenvalue weighted by molar-refractivity contribution is 5.30. The number of hydrogen-bond acceptors (Lipinski definition) is 2. The molecule has 0 saturated carbocycles. The smallest absolute Gasteiger partial charge is 0.0239 e. The second kappa shape index (κ2) is 5.87. The van der Waals surface area contributed by atoms with E-state index in [0.29, 0.717) is 0 Å². The molecule has 1 aromatic carbocycles. The fourth-order valence-corrected chi connectivity index (χ4v) is 4.01. The summed E-state index contributed by atoms with van der Waals surface area (Å²) in [5.74, 6) is 0. The Morgan fingerprint density at radius 1 is 1.15 bits per heavy atom. The molecule has 1 N–H and O–H groups in total. The van der Waals surface area contributed by atoms with E-state index < -0.39 is 0 Å². The molecule has 2 fully saturated rings. The first-order chi connectivity index (χ1) is 9.65. The van der Waals surface area contributed by atoms with Crippen LogP contribution >= 0.6 is 0 Å². The van der Waals surface area contributed by atoms with E-state index in [1.54, 1.807) is 0 Å². The standard InChI is InChI=1S/C18H28N2/c1-4-20(12-15-9-13(2)5-6-14(15)3)18-10-16-7-8-17(11-18)19-16/h5-6,9,16-19H,4,7-8,10-12H2,1-3H3. The molecule has 2 nitrogen and oxygen atoms in total. The van der Waals surface area contributed by atoms with Gasteiger partial charge in [0.15, 0.2) is 0 Å². The number of fused-ring (bicyclic) bond motifs is 2. The van der Waals surface area contributed by atoms with E-state index in [1.807, 2.05) is 0 Å². The van der Waals surface area contributed by atoms with Gasteiger partial charge in [0, 0.05) is 24.7 Å². The third-order valence-electron chi connectivity index (χ3n) is 5.25. The number of nitrogens with one attached hydrogen (secondary N) is 1. The number of aryl methyl sites for hydroxylation is 2. The first-order valence-corrected chi connectivity index (χ1v) is 8.22. The Morgan fingerprint density at radius 3 is 2.50 bits per heavy atom. The minimum Gasteiger partial charge on any atom is -0.311 e. The quantitative estimate of drug-likeness (QED) is 0.903. The topological polar surface area (TPSA) is 15.3 Å². The van der Waals surface area contributed by atoms with Crippen LogP contribution in [0.1, 0.15) is 49.3 Å². The molecular weight excluding hydrogens is 244 g/mol. The largest absolute Gasteiger partial charge is 0.311 e. The van der Waals surface area contributed by atoms with Crippen molar-refractivity contribution < 1.29 is 0 Å². The Hall–Kier alpha value is -0.860. The van der Waals surface area contributed by atoms with Gasteiger partial charge in [0.25, 0.3) is 0 Å². The van der Waals surface area contributed by atoms with E-state index in [0.717, 1.165) is 31.2 Å². The van der Waals surface area contributed by atoms with Gasteiger partial charge in [-0.25, -0.2) is 0 Å². The van der Waals surface area contributed by atoms with Gasteiger partial charge >= 0.3 is 0 Å². The molecule has 110 valence electrons. The molecule has 0 radical (unpaired) electrons. The second-order valence-electron chi connectivity index (χ2n) is 6.76. The van der Waals surface area contributed by atoms with Crippen LogP contribution in [0, 0.1) is 13.8 Å². The summed E-state index contributed by atoms with van der Waals surface area (Å²) in [6.07, 6.45) is 5.47. The summed E-state index contributed by atoms with van der Waals surface area (Å²) < 4.78 is 0. The van der Waals surface area contributed by atoms with Gasteiger partial charge in [-0.05, 0) is 57.2 Å². The fourth-order valence-electron chi connectivity index (χ4n) is 4.01. The van der Waals surface area contributed by atoms with Crippen molar-refractivity contribution in [1.29, 1.82) is 0 Å². The van der Waals surface area contributed by atoms with Gasteiger partial charge in [-0.2, -0.15) is 0 Å². The monoisotopic (exact) mass is 272 g/mol. The zero-order valence-corrected chi connectivity index (χ0v) is 13.2.